The molecule has 0 aromatic carbocycles. The van der Waals surface area contributed by atoms with Gasteiger partial charge in [-0.05, 0) is 0 Å². The van der Waals surface area contributed by atoms with E-state index in [1.807, 2.05) is 0 Å². The lowest BCUT2D eigenvalue weighted by atomic mass is 10.3. The third kappa shape index (κ3) is 2.01. The van der Waals surface area contributed by atoms with E-state index in [4.69, 9.17) is 13.6 Å². The van der Waals surface area contributed by atoms with E-state index in [-0.39, 0.29) is 19.2 Å². The third-order valence-electron chi connectivity index (χ3n) is 1.07. The van der Waals surface area contributed by atoms with Crippen molar-refractivity contribution in [2.45, 2.75) is 12.6 Å². The molecule has 0 spiro atoms. The van der Waals surface area contributed by atoms with Crippen molar-refractivity contribution < 1.29 is 12.6 Å². The Morgan fingerprint density at radius 2 is 2.73 bits per heavy atom. The number of aliphatic carboxylic acids is 1. The van der Waals surface area contributed by atoms with Gasteiger partial charge >= 0.3 is 5.97 Å². The van der Waals surface area contributed by atoms with Gasteiger partial charge < -0.3 is 10.8 Å². The highest BCUT2D eigenvalue weighted by molar-refractivity contribution is 5.72. The summed E-state index contributed by atoms with van der Waals surface area (Å²) in [6.07, 6.45) is -0.579. The zero-order valence-corrected chi connectivity index (χ0v) is 5.56. The molecular formula is C5H8N4O2. The first-order valence-corrected chi connectivity index (χ1v) is 2.87. The molecule has 6 heteroatoms. The molecule has 0 fully saturated rings. The smallest absolute Gasteiger partial charge is 0.322 e. The number of hydrogen-bond donors (Lipinski definition) is 2. The fourth-order valence-electron chi connectivity index (χ4n) is 0.525. The molecule has 0 bridgehead atoms. The Kier molecular flexibility index (Phi) is 1.48. The number of rotatable bonds is 3. The van der Waals surface area contributed by atoms with Gasteiger partial charge in [-0.2, -0.15) is 5.10 Å². The summed E-state index contributed by atoms with van der Waals surface area (Å²) >= 11 is 0. The summed E-state index contributed by atoms with van der Waals surface area (Å²) in [5.74, 6) is -1.18. The Bertz CT molecular complexity index is 326. The number of nitrogens with zero attached hydrogens (tertiary/aromatic N) is 3. The van der Waals surface area contributed by atoms with E-state index in [9.17, 15) is 4.79 Å². The Labute approximate surface area is 65.5 Å². The predicted octanol–water partition coefficient (Wildman–Crippen LogP) is -1.31. The minimum Gasteiger partial charge on any atom is -0.480 e. The summed E-state index contributed by atoms with van der Waals surface area (Å²) in [7, 11) is 0. The number of aromatic nitrogens is 3. The second-order valence-corrected chi connectivity index (χ2v) is 1.94. The van der Waals surface area contributed by atoms with E-state index in [0.717, 1.165) is 4.68 Å². The van der Waals surface area contributed by atoms with Crippen molar-refractivity contribution in [3.8, 4) is 0 Å². The van der Waals surface area contributed by atoms with Crippen LogP contribution < -0.4 is 5.73 Å². The van der Waals surface area contributed by atoms with Crippen LogP contribution in [-0.2, 0) is 11.3 Å². The van der Waals surface area contributed by atoms with Crippen LogP contribution in [0.25, 0.3) is 0 Å². The van der Waals surface area contributed by atoms with Crippen molar-refractivity contribution in [3.05, 3.63) is 12.6 Å². The normalized spacial score (nSPS) is 15.4. The van der Waals surface area contributed by atoms with E-state index >= 15 is 0 Å². The first-order chi connectivity index (χ1) is 6.00. The van der Waals surface area contributed by atoms with Crippen molar-refractivity contribution in [2.24, 2.45) is 5.73 Å². The summed E-state index contributed by atoms with van der Waals surface area (Å²) < 4.78 is 15.1. The van der Waals surface area contributed by atoms with E-state index in [1.54, 1.807) is 0 Å². The second kappa shape index (κ2) is 3.11. The molecule has 11 heavy (non-hydrogen) atoms. The Morgan fingerprint density at radius 1 is 2.00 bits per heavy atom. The van der Waals surface area contributed by atoms with Gasteiger partial charge in [0.05, 0.1) is 6.54 Å². The lowest BCUT2D eigenvalue weighted by Crippen LogP contribution is -2.34. The van der Waals surface area contributed by atoms with Gasteiger partial charge in [-0.1, -0.05) is 0 Å². The van der Waals surface area contributed by atoms with Gasteiger partial charge in [0.25, 0.3) is 0 Å². The lowest BCUT2D eigenvalue weighted by Gasteiger charge is -2.04. The number of nitrogens with two attached hydrogens (primary N) is 1. The van der Waals surface area contributed by atoms with E-state index in [0.29, 0.717) is 0 Å². The van der Waals surface area contributed by atoms with Gasteiger partial charge in [0, 0.05) is 0 Å². The first kappa shape index (κ1) is 5.25. The highest BCUT2D eigenvalue weighted by Crippen LogP contribution is 1.85. The number of carboxylic acids is 1. The molecule has 0 radical (unpaired) electrons. The fraction of sp³-hybridized carbons (Fsp3) is 0.400. The van der Waals surface area contributed by atoms with E-state index in [2.05, 4.69) is 10.1 Å². The average Bonchev–Trinajstić information content (AvgIpc) is 2.30. The molecule has 1 atom stereocenters. The van der Waals surface area contributed by atoms with Crippen molar-refractivity contribution >= 4 is 5.97 Å². The summed E-state index contributed by atoms with van der Waals surface area (Å²) in [5.41, 5.74) is 5.19. The van der Waals surface area contributed by atoms with Gasteiger partial charge in [-0.15, -0.1) is 0 Å². The molecule has 0 amide bonds. The molecule has 1 heterocycles. The quantitative estimate of drug-likeness (QED) is 0.534. The van der Waals surface area contributed by atoms with Crippen LogP contribution in [0.5, 0.6) is 0 Å². The van der Waals surface area contributed by atoms with Crippen molar-refractivity contribution in [1.82, 2.24) is 14.8 Å². The monoisotopic (exact) mass is 159 g/mol. The summed E-state index contributed by atoms with van der Waals surface area (Å²) in [6.45, 7) is -0.153. The molecule has 0 saturated heterocycles. The molecule has 1 rings (SSSR count). The molecule has 1 aromatic rings. The first-order valence-electron chi connectivity index (χ1n) is 3.87. The Hall–Kier alpha value is -1.43. The molecule has 0 aliphatic rings. The zero-order valence-electron chi connectivity index (χ0n) is 7.56. The average molecular weight is 159 g/mol. The zero-order chi connectivity index (χ0) is 10.0. The van der Waals surface area contributed by atoms with Crippen LogP contribution in [0.15, 0.2) is 12.6 Å². The maximum absolute atomic E-state index is 10.3. The van der Waals surface area contributed by atoms with Crippen LogP contribution in [0.3, 0.4) is 0 Å². The highest BCUT2D eigenvalue weighted by atomic mass is 16.4. The molecule has 1 aromatic heterocycles. The predicted molar refractivity (Wildman–Crippen MR) is 35.6 cm³/mol. The molecule has 0 aliphatic heterocycles. The molecule has 0 saturated carbocycles. The maximum atomic E-state index is 10.3. The highest BCUT2D eigenvalue weighted by Gasteiger charge is 2.11. The van der Waals surface area contributed by atoms with Gasteiger partial charge in [-0.3, -0.25) is 9.48 Å². The van der Waals surface area contributed by atoms with Crippen LogP contribution in [0.4, 0.5) is 0 Å². The Balaban J connectivity index is 2.74. The Morgan fingerprint density at radius 3 is 3.18 bits per heavy atom. The molecule has 6 nitrogen and oxygen atoms in total. The van der Waals surface area contributed by atoms with Gasteiger partial charge in [0.15, 0.2) is 0 Å². The number of carboxylic acid groups (broad SMARTS) is 1. The fourth-order valence-corrected chi connectivity index (χ4v) is 0.525. The van der Waals surface area contributed by atoms with Crippen LogP contribution in [-0.4, -0.2) is 31.9 Å². The van der Waals surface area contributed by atoms with Crippen molar-refractivity contribution in [1.29, 1.82) is 0 Å². The molecule has 60 valence electrons. The van der Waals surface area contributed by atoms with Gasteiger partial charge in [0.2, 0.25) is 0 Å². The van der Waals surface area contributed by atoms with E-state index < -0.39 is 12.0 Å². The summed E-state index contributed by atoms with van der Waals surface area (Å²) in [4.78, 5) is 13.7. The van der Waals surface area contributed by atoms with Gasteiger partial charge in [0.1, 0.15) is 21.4 Å². The summed E-state index contributed by atoms with van der Waals surface area (Å²) in [5, 5.41) is 11.9. The van der Waals surface area contributed by atoms with Crippen molar-refractivity contribution in [2.75, 3.05) is 0 Å². The third-order valence-corrected chi connectivity index (χ3v) is 1.07. The van der Waals surface area contributed by atoms with Gasteiger partial charge in [-0.25, -0.2) is 4.98 Å². The minimum absolute atomic E-state index is 0.153. The second-order valence-electron chi connectivity index (χ2n) is 1.94. The number of hydrogen-bond acceptors (Lipinski definition) is 4. The molecule has 1 unspecified atom stereocenters. The van der Waals surface area contributed by atoms with Crippen LogP contribution in [0.1, 0.15) is 2.74 Å². The maximum Gasteiger partial charge on any atom is 0.322 e. The van der Waals surface area contributed by atoms with Crippen LogP contribution in [0.2, 0.25) is 0 Å². The molecule has 3 N–H and O–H groups in total. The SMILES string of the molecule is [2H]c1nc([2H])n(CC([15NH2])C(=O)O)n1. The number of carbonyl (C=O) groups is 1. The molecular weight excluding hydrogens is 149 g/mol. The van der Waals surface area contributed by atoms with Crippen LogP contribution in [0, 0.1) is 0 Å². The standard InChI is InChI=1S/C5H8N4O2/c6-4(5(10)11)1-9-3-7-2-8-9/h2-4H,1,6H2,(H,10,11)/i2D,3D,6+1. The largest absolute Gasteiger partial charge is 0.480 e. The summed E-state index contributed by atoms with van der Waals surface area (Å²) in [6, 6.07) is -1.13. The molecule has 0 aliphatic carbocycles. The van der Waals surface area contributed by atoms with Crippen molar-refractivity contribution in [3.63, 3.8) is 0 Å². The van der Waals surface area contributed by atoms with E-state index in [1.165, 1.54) is 0 Å². The van der Waals surface area contributed by atoms with Crippen LogP contribution >= 0.6 is 0 Å². The minimum atomic E-state index is -1.18. The topological polar surface area (TPSA) is 94.0 Å². The lowest BCUT2D eigenvalue weighted by molar-refractivity contribution is -0.138.